The minimum absolute atomic E-state index is 0.263. The van der Waals surface area contributed by atoms with Crippen molar-refractivity contribution >= 4 is 11.0 Å². The molecule has 1 heterocycles. The van der Waals surface area contributed by atoms with Crippen LogP contribution in [0.25, 0.3) is 11.0 Å². The van der Waals surface area contributed by atoms with Gasteiger partial charge < -0.3 is 14.4 Å². The first-order valence-corrected chi connectivity index (χ1v) is 9.97. The molecule has 0 amide bonds. The van der Waals surface area contributed by atoms with Crippen molar-refractivity contribution in [3.63, 3.8) is 0 Å². The third kappa shape index (κ3) is 4.69. The third-order valence-electron chi connectivity index (χ3n) is 5.03. The maximum atomic E-state index is 10.6. The van der Waals surface area contributed by atoms with Crippen LogP contribution in [0, 0.1) is 0 Å². The smallest absolute Gasteiger partial charge is 0.119 e. The van der Waals surface area contributed by atoms with Gasteiger partial charge in [0.25, 0.3) is 0 Å². The number of aromatic nitrogens is 2. The van der Waals surface area contributed by atoms with Gasteiger partial charge in [0.2, 0.25) is 0 Å². The number of hydrogen-bond donors (Lipinski definition) is 1. The molecule has 1 aromatic heterocycles. The average Bonchev–Trinajstić information content (AvgIpc) is 3.05. The van der Waals surface area contributed by atoms with Crippen molar-refractivity contribution in [2.24, 2.45) is 0 Å². The van der Waals surface area contributed by atoms with Gasteiger partial charge in [0.1, 0.15) is 24.3 Å². The summed E-state index contributed by atoms with van der Waals surface area (Å²) in [4.78, 5) is 4.79. The Morgan fingerprint density at radius 3 is 2.52 bits per heavy atom. The molecule has 0 spiro atoms. The van der Waals surface area contributed by atoms with E-state index in [9.17, 15) is 5.11 Å². The minimum Gasteiger partial charge on any atom is -0.491 e. The number of ether oxygens (including phenoxy) is 1. The molecule has 4 heteroatoms. The molecule has 2 unspecified atom stereocenters. The highest BCUT2D eigenvalue weighted by Gasteiger charge is 2.18. The topological polar surface area (TPSA) is 47.3 Å². The van der Waals surface area contributed by atoms with Crippen molar-refractivity contribution in [3.05, 3.63) is 59.9 Å². The van der Waals surface area contributed by atoms with Crippen LogP contribution >= 0.6 is 0 Å². The maximum Gasteiger partial charge on any atom is 0.119 e. The summed E-state index contributed by atoms with van der Waals surface area (Å²) in [6.07, 6.45) is 2.63. The number of para-hydroxylation sites is 2. The molecule has 0 aliphatic heterocycles. The lowest BCUT2D eigenvalue weighted by Crippen LogP contribution is -2.25. The van der Waals surface area contributed by atoms with Crippen molar-refractivity contribution in [3.8, 4) is 5.75 Å². The van der Waals surface area contributed by atoms with E-state index in [2.05, 4.69) is 43.5 Å². The van der Waals surface area contributed by atoms with E-state index in [0.717, 1.165) is 41.9 Å². The Bertz CT molecular complexity index is 854. The van der Waals surface area contributed by atoms with Gasteiger partial charge in [-0.2, -0.15) is 0 Å². The van der Waals surface area contributed by atoms with E-state index >= 15 is 0 Å². The Hall–Kier alpha value is -2.33. The lowest BCUT2D eigenvalue weighted by atomic mass is 10.1. The number of imidazole rings is 1. The van der Waals surface area contributed by atoms with Gasteiger partial charge in [-0.25, -0.2) is 4.98 Å². The fourth-order valence-electron chi connectivity index (χ4n) is 3.34. The molecule has 0 fully saturated rings. The Kier molecular flexibility index (Phi) is 6.51. The molecule has 0 saturated heterocycles. The van der Waals surface area contributed by atoms with Crippen molar-refractivity contribution in [2.45, 2.75) is 58.6 Å². The second kappa shape index (κ2) is 9.05. The fourth-order valence-corrected chi connectivity index (χ4v) is 3.34. The summed E-state index contributed by atoms with van der Waals surface area (Å²) >= 11 is 0. The minimum atomic E-state index is -0.597. The molecule has 144 valence electrons. The molecule has 3 aromatic rings. The molecule has 0 saturated carbocycles. The number of aliphatic hydroxyl groups excluding tert-OH is 1. The third-order valence-corrected chi connectivity index (χ3v) is 5.03. The van der Waals surface area contributed by atoms with Crippen LogP contribution in [0.3, 0.4) is 0 Å². The number of aliphatic hydroxyl groups is 1. The van der Waals surface area contributed by atoms with Crippen LogP contribution < -0.4 is 4.74 Å². The van der Waals surface area contributed by atoms with Crippen LogP contribution in [0.1, 0.15) is 50.9 Å². The van der Waals surface area contributed by atoms with Gasteiger partial charge in [-0.15, -0.1) is 0 Å². The van der Waals surface area contributed by atoms with Crippen molar-refractivity contribution in [1.29, 1.82) is 0 Å². The maximum absolute atomic E-state index is 10.6. The summed E-state index contributed by atoms with van der Waals surface area (Å²) in [5.41, 5.74) is 3.36. The molecule has 0 radical (unpaired) electrons. The first kappa shape index (κ1) is 19.4. The molecular formula is C23H30N2O2. The molecule has 0 aliphatic carbocycles. The normalized spacial score (nSPS) is 13.6. The highest BCUT2D eigenvalue weighted by Crippen LogP contribution is 2.24. The quantitative estimate of drug-likeness (QED) is 0.583. The van der Waals surface area contributed by atoms with Crippen LogP contribution in [0.5, 0.6) is 5.75 Å². The van der Waals surface area contributed by atoms with Crippen LogP contribution in [0.15, 0.2) is 48.5 Å². The molecular weight excluding hydrogens is 336 g/mol. The zero-order chi connectivity index (χ0) is 19.2. The second-order valence-corrected chi connectivity index (χ2v) is 7.24. The summed E-state index contributed by atoms with van der Waals surface area (Å²) in [6.45, 7) is 7.26. The number of benzene rings is 2. The van der Waals surface area contributed by atoms with E-state index in [0.29, 0.717) is 12.5 Å². The van der Waals surface area contributed by atoms with E-state index in [4.69, 9.17) is 9.72 Å². The molecule has 0 bridgehead atoms. The van der Waals surface area contributed by atoms with Crippen LogP contribution in [-0.2, 0) is 13.0 Å². The molecule has 3 rings (SSSR count). The summed E-state index contributed by atoms with van der Waals surface area (Å²) in [5.74, 6) is 2.17. The van der Waals surface area contributed by atoms with Crippen LogP contribution in [0.4, 0.5) is 0 Å². The highest BCUT2D eigenvalue weighted by atomic mass is 16.5. The van der Waals surface area contributed by atoms with Crippen LogP contribution in [-0.4, -0.2) is 27.4 Å². The van der Waals surface area contributed by atoms with Gasteiger partial charge in [-0.1, -0.05) is 51.5 Å². The number of hydrogen-bond acceptors (Lipinski definition) is 3. The van der Waals surface area contributed by atoms with E-state index in [1.807, 2.05) is 30.3 Å². The summed E-state index contributed by atoms with van der Waals surface area (Å²) in [6, 6.07) is 16.3. The van der Waals surface area contributed by atoms with Gasteiger partial charge in [-0.3, -0.25) is 0 Å². The molecule has 2 atom stereocenters. The van der Waals surface area contributed by atoms with Gasteiger partial charge in [0.05, 0.1) is 17.6 Å². The molecule has 27 heavy (non-hydrogen) atoms. The molecule has 4 nitrogen and oxygen atoms in total. The van der Waals surface area contributed by atoms with Crippen molar-refractivity contribution < 1.29 is 9.84 Å². The number of aryl methyl sites for hydroxylation is 1. The van der Waals surface area contributed by atoms with Crippen LogP contribution in [0.2, 0.25) is 0 Å². The predicted molar refractivity (Wildman–Crippen MR) is 110 cm³/mol. The molecule has 0 aliphatic rings. The Labute approximate surface area is 161 Å². The van der Waals surface area contributed by atoms with Crippen molar-refractivity contribution in [2.75, 3.05) is 6.61 Å². The predicted octanol–water partition coefficient (Wildman–Crippen LogP) is 4.94. The van der Waals surface area contributed by atoms with Gasteiger partial charge in [0, 0.05) is 5.92 Å². The zero-order valence-corrected chi connectivity index (χ0v) is 16.6. The Morgan fingerprint density at radius 1 is 1.07 bits per heavy atom. The number of nitrogens with zero attached hydrogens (tertiary/aromatic N) is 2. The van der Waals surface area contributed by atoms with Crippen molar-refractivity contribution in [1.82, 2.24) is 9.55 Å². The number of fused-ring (bicyclic) bond motifs is 1. The fraction of sp³-hybridized carbons (Fsp3) is 0.435. The molecule has 2 aromatic carbocycles. The lowest BCUT2D eigenvalue weighted by molar-refractivity contribution is 0.0924. The summed E-state index contributed by atoms with van der Waals surface area (Å²) in [7, 11) is 0. The Morgan fingerprint density at radius 2 is 1.81 bits per heavy atom. The Balaban J connectivity index is 1.69. The van der Waals surface area contributed by atoms with E-state index in [1.165, 1.54) is 5.56 Å². The summed E-state index contributed by atoms with van der Waals surface area (Å²) < 4.78 is 7.95. The standard InChI is InChI=1S/C23H30N2O2/c1-4-8-18-11-13-20(14-12-18)27-16-19(26)15-25-22-10-7-6-9-21(22)24-23(25)17(3)5-2/h6-7,9-14,17,19,26H,4-5,8,15-16H2,1-3H3. The monoisotopic (exact) mass is 366 g/mol. The van der Waals surface area contributed by atoms with E-state index < -0.39 is 6.10 Å². The SMILES string of the molecule is CCCc1ccc(OCC(O)Cn2c(C(C)CC)nc3ccccc32)cc1. The molecule has 1 N–H and O–H groups in total. The van der Waals surface area contributed by atoms with E-state index in [-0.39, 0.29) is 6.61 Å². The lowest BCUT2D eigenvalue weighted by Gasteiger charge is -2.18. The van der Waals surface area contributed by atoms with Gasteiger partial charge >= 0.3 is 0 Å². The largest absolute Gasteiger partial charge is 0.491 e. The number of rotatable bonds is 9. The van der Waals surface area contributed by atoms with Gasteiger partial charge in [0.15, 0.2) is 0 Å². The summed E-state index contributed by atoms with van der Waals surface area (Å²) in [5, 5.41) is 10.6. The first-order chi connectivity index (χ1) is 13.1. The second-order valence-electron chi connectivity index (χ2n) is 7.24. The first-order valence-electron chi connectivity index (χ1n) is 9.97. The highest BCUT2D eigenvalue weighted by molar-refractivity contribution is 5.76. The zero-order valence-electron chi connectivity index (χ0n) is 16.6. The van der Waals surface area contributed by atoms with E-state index in [1.54, 1.807) is 0 Å². The van der Waals surface area contributed by atoms with Gasteiger partial charge in [-0.05, 0) is 42.7 Å². The average molecular weight is 367 g/mol.